The van der Waals surface area contributed by atoms with E-state index in [0.29, 0.717) is 17.1 Å². The lowest BCUT2D eigenvalue weighted by Gasteiger charge is -2.20. The zero-order chi connectivity index (χ0) is 11.5. The van der Waals surface area contributed by atoms with Crippen LogP contribution in [0.1, 0.15) is 19.0 Å². The van der Waals surface area contributed by atoms with Crippen molar-refractivity contribution in [2.24, 2.45) is 11.7 Å². The van der Waals surface area contributed by atoms with E-state index in [1.54, 1.807) is 6.07 Å². The summed E-state index contributed by atoms with van der Waals surface area (Å²) >= 11 is 5.87. The SMILES string of the molecule is CC1CC(CN)CN1Cc1cccc(Cl)n1. The van der Waals surface area contributed by atoms with Crippen molar-refractivity contribution in [2.75, 3.05) is 13.1 Å². The fourth-order valence-electron chi connectivity index (χ4n) is 2.36. The Morgan fingerprint density at radius 3 is 3.00 bits per heavy atom. The summed E-state index contributed by atoms with van der Waals surface area (Å²) in [6.45, 7) is 4.98. The molecule has 1 saturated heterocycles. The minimum atomic E-state index is 0.569. The van der Waals surface area contributed by atoms with Gasteiger partial charge in [-0.05, 0) is 37.9 Å². The molecule has 1 aromatic heterocycles. The van der Waals surface area contributed by atoms with Gasteiger partial charge in [0, 0.05) is 19.1 Å². The van der Waals surface area contributed by atoms with E-state index in [-0.39, 0.29) is 0 Å². The van der Waals surface area contributed by atoms with E-state index in [9.17, 15) is 0 Å². The van der Waals surface area contributed by atoms with E-state index >= 15 is 0 Å². The van der Waals surface area contributed by atoms with Crippen molar-refractivity contribution in [2.45, 2.75) is 25.9 Å². The molecule has 0 saturated carbocycles. The lowest BCUT2D eigenvalue weighted by atomic mass is 10.1. The zero-order valence-electron chi connectivity index (χ0n) is 9.56. The van der Waals surface area contributed by atoms with Crippen LogP contribution in [-0.2, 0) is 6.54 Å². The highest BCUT2D eigenvalue weighted by Crippen LogP contribution is 2.23. The first-order valence-electron chi connectivity index (χ1n) is 5.74. The monoisotopic (exact) mass is 239 g/mol. The maximum Gasteiger partial charge on any atom is 0.129 e. The quantitative estimate of drug-likeness (QED) is 0.820. The summed E-state index contributed by atoms with van der Waals surface area (Å²) in [7, 11) is 0. The van der Waals surface area contributed by atoms with Gasteiger partial charge < -0.3 is 5.73 Å². The van der Waals surface area contributed by atoms with Crippen molar-refractivity contribution in [3.63, 3.8) is 0 Å². The maximum absolute atomic E-state index is 5.87. The Labute approximate surface area is 102 Å². The Hall–Kier alpha value is -0.640. The fraction of sp³-hybridized carbons (Fsp3) is 0.583. The average molecular weight is 240 g/mol. The normalized spacial score (nSPS) is 26.2. The van der Waals surface area contributed by atoms with Crippen molar-refractivity contribution in [3.8, 4) is 0 Å². The molecule has 2 heterocycles. The van der Waals surface area contributed by atoms with E-state index in [1.807, 2.05) is 12.1 Å². The molecule has 1 fully saturated rings. The third-order valence-corrected chi connectivity index (χ3v) is 3.47. The Morgan fingerprint density at radius 1 is 1.56 bits per heavy atom. The van der Waals surface area contributed by atoms with Crippen LogP contribution in [0, 0.1) is 5.92 Å². The second kappa shape index (κ2) is 5.13. The number of nitrogens with zero attached hydrogens (tertiary/aromatic N) is 2. The molecule has 2 atom stereocenters. The van der Waals surface area contributed by atoms with Gasteiger partial charge >= 0.3 is 0 Å². The number of hydrogen-bond acceptors (Lipinski definition) is 3. The number of pyridine rings is 1. The molecule has 88 valence electrons. The van der Waals surface area contributed by atoms with Crippen LogP contribution in [0.3, 0.4) is 0 Å². The van der Waals surface area contributed by atoms with Gasteiger partial charge in [0.25, 0.3) is 0 Å². The van der Waals surface area contributed by atoms with E-state index in [2.05, 4.69) is 16.8 Å². The number of halogens is 1. The molecule has 16 heavy (non-hydrogen) atoms. The van der Waals surface area contributed by atoms with Gasteiger partial charge in [0.05, 0.1) is 5.69 Å². The molecule has 2 N–H and O–H groups in total. The van der Waals surface area contributed by atoms with Crippen LogP contribution in [0.25, 0.3) is 0 Å². The van der Waals surface area contributed by atoms with Crippen LogP contribution in [0.5, 0.6) is 0 Å². The highest BCUT2D eigenvalue weighted by molar-refractivity contribution is 6.29. The van der Waals surface area contributed by atoms with Gasteiger partial charge in [-0.15, -0.1) is 0 Å². The van der Waals surface area contributed by atoms with Crippen molar-refractivity contribution >= 4 is 11.6 Å². The van der Waals surface area contributed by atoms with Gasteiger partial charge in [0.2, 0.25) is 0 Å². The minimum absolute atomic E-state index is 0.569. The molecule has 0 bridgehead atoms. The van der Waals surface area contributed by atoms with Crippen LogP contribution in [0.2, 0.25) is 5.15 Å². The summed E-state index contributed by atoms with van der Waals surface area (Å²) < 4.78 is 0. The van der Waals surface area contributed by atoms with Gasteiger partial charge in [0.1, 0.15) is 5.15 Å². The molecule has 4 heteroatoms. The van der Waals surface area contributed by atoms with E-state index in [0.717, 1.165) is 25.3 Å². The van der Waals surface area contributed by atoms with Gasteiger partial charge in [-0.2, -0.15) is 0 Å². The van der Waals surface area contributed by atoms with Crippen LogP contribution in [0.4, 0.5) is 0 Å². The van der Waals surface area contributed by atoms with Crippen LogP contribution >= 0.6 is 11.6 Å². The first-order valence-corrected chi connectivity index (χ1v) is 6.12. The molecule has 0 spiro atoms. The molecular weight excluding hydrogens is 222 g/mol. The molecule has 0 aliphatic carbocycles. The van der Waals surface area contributed by atoms with E-state index < -0.39 is 0 Å². The highest BCUT2D eigenvalue weighted by atomic mass is 35.5. The number of likely N-dealkylation sites (tertiary alicyclic amines) is 1. The molecule has 0 aromatic carbocycles. The maximum atomic E-state index is 5.87. The Morgan fingerprint density at radius 2 is 2.38 bits per heavy atom. The average Bonchev–Trinajstić information content (AvgIpc) is 2.60. The summed E-state index contributed by atoms with van der Waals surface area (Å²) in [5.74, 6) is 0.634. The topological polar surface area (TPSA) is 42.1 Å². The largest absolute Gasteiger partial charge is 0.330 e. The van der Waals surface area contributed by atoms with Crippen molar-refractivity contribution in [3.05, 3.63) is 29.0 Å². The third-order valence-electron chi connectivity index (χ3n) is 3.26. The van der Waals surface area contributed by atoms with Crippen molar-refractivity contribution < 1.29 is 0 Å². The summed E-state index contributed by atoms with van der Waals surface area (Å²) in [6, 6.07) is 6.37. The molecule has 2 unspecified atom stereocenters. The Kier molecular flexibility index (Phi) is 3.79. The number of hydrogen-bond donors (Lipinski definition) is 1. The van der Waals surface area contributed by atoms with Crippen LogP contribution < -0.4 is 5.73 Å². The summed E-state index contributed by atoms with van der Waals surface area (Å²) in [5.41, 5.74) is 6.75. The van der Waals surface area contributed by atoms with Crippen LogP contribution in [-0.4, -0.2) is 29.0 Å². The second-order valence-electron chi connectivity index (χ2n) is 4.57. The van der Waals surface area contributed by atoms with Crippen molar-refractivity contribution in [1.29, 1.82) is 0 Å². The molecule has 3 nitrogen and oxygen atoms in total. The van der Waals surface area contributed by atoms with E-state index in [1.165, 1.54) is 6.42 Å². The first-order chi connectivity index (χ1) is 7.69. The smallest absolute Gasteiger partial charge is 0.129 e. The Balaban J connectivity index is 2.00. The zero-order valence-corrected chi connectivity index (χ0v) is 10.3. The predicted molar refractivity (Wildman–Crippen MR) is 66.3 cm³/mol. The molecule has 0 amide bonds. The highest BCUT2D eigenvalue weighted by Gasteiger charge is 2.27. The molecule has 0 radical (unpaired) electrons. The number of aromatic nitrogens is 1. The lowest BCUT2D eigenvalue weighted by molar-refractivity contribution is 0.253. The summed E-state index contributed by atoms with van der Waals surface area (Å²) in [4.78, 5) is 6.74. The minimum Gasteiger partial charge on any atom is -0.330 e. The first kappa shape index (κ1) is 11.8. The summed E-state index contributed by atoms with van der Waals surface area (Å²) in [6.07, 6.45) is 1.19. The molecular formula is C12H18ClN3. The predicted octanol–water partition coefficient (Wildman–Crippen LogP) is 1.90. The fourth-order valence-corrected chi connectivity index (χ4v) is 2.54. The van der Waals surface area contributed by atoms with E-state index in [4.69, 9.17) is 17.3 Å². The van der Waals surface area contributed by atoms with Crippen LogP contribution in [0.15, 0.2) is 18.2 Å². The van der Waals surface area contributed by atoms with Gasteiger partial charge in [0.15, 0.2) is 0 Å². The second-order valence-corrected chi connectivity index (χ2v) is 4.95. The van der Waals surface area contributed by atoms with Gasteiger partial charge in [-0.3, -0.25) is 4.90 Å². The number of nitrogens with two attached hydrogens (primary N) is 1. The summed E-state index contributed by atoms with van der Waals surface area (Å²) in [5, 5.41) is 0.569. The standard InChI is InChI=1S/C12H18ClN3/c1-9-5-10(6-14)7-16(9)8-11-3-2-4-12(13)15-11/h2-4,9-10H,5-8,14H2,1H3. The van der Waals surface area contributed by atoms with Gasteiger partial charge in [-0.1, -0.05) is 17.7 Å². The molecule has 1 aliphatic rings. The molecule has 1 aliphatic heterocycles. The van der Waals surface area contributed by atoms with Gasteiger partial charge in [-0.25, -0.2) is 4.98 Å². The Bertz CT molecular complexity index is 356. The molecule has 1 aromatic rings. The number of rotatable bonds is 3. The van der Waals surface area contributed by atoms with Crippen molar-refractivity contribution in [1.82, 2.24) is 9.88 Å². The third kappa shape index (κ3) is 2.73. The lowest BCUT2D eigenvalue weighted by Crippen LogP contribution is -2.27. The molecule has 2 rings (SSSR count).